The molecular formula is C22H21NO4S2. The largest absolute Gasteiger partial charge is 0.497 e. The summed E-state index contributed by atoms with van der Waals surface area (Å²) in [5.41, 5.74) is 4.18. The lowest BCUT2D eigenvalue weighted by molar-refractivity contribution is 0.0955. The van der Waals surface area contributed by atoms with Crippen LogP contribution in [0.1, 0.15) is 31.9 Å². The summed E-state index contributed by atoms with van der Waals surface area (Å²) in [5.74, 6) is 0.449. The maximum atomic E-state index is 12.8. The zero-order valence-electron chi connectivity index (χ0n) is 16.4. The van der Waals surface area contributed by atoms with Crippen LogP contribution in [-0.2, 0) is 22.1 Å². The maximum absolute atomic E-state index is 12.8. The van der Waals surface area contributed by atoms with Gasteiger partial charge in [-0.2, -0.15) is 0 Å². The molecule has 4 rings (SSSR count). The van der Waals surface area contributed by atoms with Crippen molar-refractivity contribution in [2.45, 2.75) is 31.0 Å². The Labute approximate surface area is 174 Å². The van der Waals surface area contributed by atoms with E-state index in [1.807, 2.05) is 44.2 Å². The number of hydrogen-bond acceptors (Lipinski definition) is 5. The first-order valence-electron chi connectivity index (χ1n) is 9.16. The van der Waals surface area contributed by atoms with Crippen LogP contribution < -0.4 is 10.1 Å². The summed E-state index contributed by atoms with van der Waals surface area (Å²) in [6.07, 6.45) is 0. The molecule has 0 bridgehead atoms. The second-order valence-electron chi connectivity index (χ2n) is 7.21. The van der Waals surface area contributed by atoms with E-state index in [1.54, 1.807) is 19.2 Å². The number of benzene rings is 2. The van der Waals surface area contributed by atoms with Crippen molar-refractivity contribution < 1.29 is 17.9 Å². The van der Waals surface area contributed by atoms with Crippen molar-refractivity contribution in [3.63, 3.8) is 0 Å². The van der Waals surface area contributed by atoms with Gasteiger partial charge in [-0.05, 0) is 60.4 Å². The average Bonchev–Trinajstić information content (AvgIpc) is 3.09. The summed E-state index contributed by atoms with van der Waals surface area (Å²) >= 11 is 1.35. The smallest absolute Gasteiger partial charge is 0.261 e. The van der Waals surface area contributed by atoms with Gasteiger partial charge >= 0.3 is 0 Å². The number of methoxy groups -OCH3 is 1. The van der Waals surface area contributed by atoms with Gasteiger partial charge in [0.05, 0.1) is 22.6 Å². The second kappa shape index (κ2) is 7.31. The Hall–Kier alpha value is -2.64. The van der Waals surface area contributed by atoms with Gasteiger partial charge in [-0.25, -0.2) is 8.42 Å². The molecule has 0 unspecified atom stereocenters. The van der Waals surface area contributed by atoms with Gasteiger partial charge in [-0.15, -0.1) is 11.3 Å². The Bertz CT molecular complexity index is 1230. The van der Waals surface area contributed by atoms with Crippen molar-refractivity contribution in [2.75, 3.05) is 7.11 Å². The molecule has 2 aromatic carbocycles. The Kier molecular flexibility index (Phi) is 4.96. The quantitative estimate of drug-likeness (QED) is 0.675. The molecule has 1 N–H and O–H groups in total. The number of amides is 1. The lowest BCUT2D eigenvalue weighted by Crippen LogP contribution is -2.21. The first-order valence-corrected chi connectivity index (χ1v) is 11.6. The molecule has 3 aromatic rings. The van der Waals surface area contributed by atoms with E-state index in [-0.39, 0.29) is 11.7 Å². The van der Waals surface area contributed by atoms with Crippen LogP contribution in [0.4, 0.5) is 0 Å². The first-order chi connectivity index (χ1) is 13.8. The Morgan fingerprint density at radius 1 is 1.17 bits per heavy atom. The number of carbonyl (C=O) groups excluding carboxylic acids is 1. The zero-order valence-corrected chi connectivity index (χ0v) is 18.0. The van der Waals surface area contributed by atoms with Gasteiger partial charge in [-0.1, -0.05) is 18.2 Å². The molecule has 0 saturated heterocycles. The van der Waals surface area contributed by atoms with Crippen LogP contribution in [0.25, 0.3) is 10.4 Å². The minimum atomic E-state index is -3.41. The van der Waals surface area contributed by atoms with E-state index in [9.17, 15) is 13.2 Å². The fourth-order valence-electron chi connectivity index (χ4n) is 3.66. The summed E-state index contributed by atoms with van der Waals surface area (Å²) in [6.45, 7) is 4.18. The fraction of sp³-hybridized carbons (Fsp3) is 0.227. The highest BCUT2D eigenvalue weighted by atomic mass is 32.2. The van der Waals surface area contributed by atoms with Crippen LogP contribution in [0.2, 0.25) is 0 Å². The van der Waals surface area contributed by atoms with E-state index in [0.29, 0.717) is 21.9 Å². The Morgan fingerprint density at radius 3 is 2.72 bits per heavy atom. The summed E-state index contributed by atoms with van der Waals surface area (Å²) in [6, 6.07) is 12.9. The molecule has 7 heteroatoms. The molecular weight excluding hydrogens is 406 g/mol. The van der Waals surface area contributed by atoms with Gasteiger partial charge in [-0.3, -0.25) is 4.79 Å². The molecule has 1 aliphatic rings. The van der Waals surface area contributed by atoms with E-state index in [2.05, 4.69) is 5.32 Å². The molecule has 1 aliphatic heterocycles. The number of rotatable bonds is 4. The number of nitrogens with one attached hydrogen (secondary N) is 1. The number of thiophene rings is 1. The van der Waals surface area contributed by atoms with Gasteiger partial charge in [0.1, 0.15) is 5.75 Å². The Morgan fingerprint density at radius 2 is 1.97 bits per heavy atom. The van der Waals surface area contributed by atoms with Crippen LogP contribution in [0, 0.1) is 13.8 Å². The lowest BCUT2D eigenvalue weighted by Gasteiger charge is -2.19. The highest BCUT2D eigenvalue weighted by Gasteiger charge is 2.32. The van der Waals surface area contributed by atoms with E-state index in [4.69, 9.17) is 4.74 Å². The molecule has 5 nitrogen and oxygen atoms in total. The molecule has 2 heterocycles. The summed E-state index contributed by atoms with van der Waals surface area (Å²) in [4.78, 5) is 14.5. The molecule has 0 aliphatic carbocycles. The minimum absolute atomic E-state index is 0.0715. The number of sulfone groups is 1. The molecule has 0 fully saturated rings. The van der Waals surface area contributed by atoms with E-state index in [1.165, 1.54) is 11.3 Å². The van der Waals surface area contributed by atoms with Gasteiger partial charge < -0.3 is 10.1 Å². The fourth-order valence-corrected chi connectivity index (χ4v) is 6.77. The number of ether oxygens (including phenoxy) is 1. The number of carbonyl (C=O) groups is 1. The third kappa shape index (κ3) is 3.68. The molecule has 29 heavy (non-hydrogen) atoms. The van der Waals surface area contributed by atoms with Crippen molar-refractivity contribution in [3.8, 4) is 16.2 Å². The van der Waals surface area contributed by atoms with Gasteiger partial charge in [0.25, 0.3) is 5.91 Å². The van der Waals surface area contributed by atoms with Gasteiger partial charge in [0.2, 0.25) is 0 Å². The summed E-state index contributed by atoms with van der Waals surface area (Å²) in [7, 11) is -1.81. The van der Waals surface area contributed by atoms with Gasteiger partial charge in [0.15, 0.2) is 9.84 Å². The van der Waals surface area contributed by atoms with Crippen LogP contribution in [0.5, 0.6) is 5.75 Å². The van der Waals surface area contributed by atoms with Crippen molar-refractivity contribution in [1.29, 1.82) is 0 Å². The predicted octanol–water partition coefficient (Wildman–Crippen LogP) is 4.26. The molecule has 1 aromatic heterocycles. The third-order valence-corrected chi connectivity index (χ3v) is 7.85. The number of aryl methyl sites for hydroxylation is 2. The summed E-state index contributed by atoms with van der Waals surface area (Å²) < 4.78 is 30.8. The third-order valence-electron chi connectivity index (χ3n) is 4.97. The van der Waals surface area contributed by atoms with Crippen LogP contribution in [0.15, 0.2) is 47.4 Å². The number of hydrogen-bond donors (Lipinski definition) is 1. The molecule has 1 amide bonds. The van der Waals surface area contributed by atoms with Crippen LogP contribution in [0.3, 0.4) is 0 Å². The number of fused-ring (bicyclic) bond motifs is 3. The highest BCUT2D eigenvalue weighted by molar-refractivity contribution is 7.91. The van der Waals surface area contributed by atoms with Crippen LogP contribution >= 0.6 is 11.3 Å². The summed E-state index contributed by atoms with van der Waals surface area (Å²) in [5, 5.41) is 2.91. The molecule has 150 valence electrons. The molecule has 0 saturated carbocycles. The highest BCUT2D eigenvalue weighted by Crippen LogP contribution is 2.44. The first kappa shape index (κ1) is 19.7. The monoisotopic (exact) mass is 427 g/mol. The van der Waals surface area contributed by atoms with Crippen molar-refractivity contribution in [3.05, 3.63) is 69.6 Å². The second-order valence-corrected chi connectivity index (χ2v) is 10.2. The Balaban J connectivity index is 1.64. The standard InChI is InChI=1S/C22H21NO4S2/c1-13-7-14(2)20-19(8-13)29(25,26)12-16-10-18(28-21(16)20)22(24)23-11-15-5-4-6-17(9-15)27-3/h4-10H,11-12H2,1-3H3,(H,23,24). The zero-order chi connectivity index (χ0) is 20.8. The average molecular weight is 428 g/mol. The normalized spacial score (nSPS) is 14.0. The molecule has 0 radical (unpaired) electrons. The van der Waals surface area contributed by atoms with Crippen molar-refractivity contribution >= 4 is 27.1 Å². The lowest BCUT2D eigenvalue weighted by atomic mass is 10.0. The van der Waals surface area contributed by atoms with E-state index >= 15 is 0 Å². The van der Waals surface area contributed by atoms with E-state index < -0.39 is 9.84 Å². The molecule has 0 spiro atoms. The topological polar surface area (TPSA) is 72.5 Å². The van der Waals surface area contributed by atoms with Crippen molar-refractivity contribution in [1.82, 2.24) is 5.32 Å². The predicted molar refractivity (Wildman–Crippen MR) is 114 cm³/mol. The maximum Gasteiger partial charge on any atom is 0.261 e. The minimum Gasteiger partial charge on any atom is -0.497 e. The van der Waals surface area contributed by atoms with Crippen molar-refractivity contribution in [2.24, 2.45) is 0 Å². The SMILES string of the molecule is COc1cccc(CNC(=O)c2cc3c(s2)-c2c(C)cc(C)cc2S(=O)(=O)C3)c1. The van der Waals surface area contributed by atoms with Crippen LogP contribution in [-0.4, -0.2) is 21.4 Å². The molecule has 0 atom stereocenters. The van der Waals surface area contributed by atoms with E-state index in [0.717, 1.165) is 32.9 Å². The van der Waals surface area contributed by atoms with Gasteiger partial charge in [0, 0.05) is 17.0 Å².